The van der Waals surface area contributed by atoms with Crippen LogP contribution in [0.2, 0.25) is 0 Å². The zero-order valence-corrected chi connectivity index (χ0v) is 12.5. The van der Waals surface area contributed by atoms with E-state index in [1.807, 2.05) is 6.20 Å². The number of benzene rings is 1. The molecule has 1 aromatic heterocycles. The zero-order chi connectivity index (χ0) is 13.8. The fraction of sp³-hybridized carbons (Fsp3) is 0.385. The first-order valence-electron chi connectivity index (χ1n) is 6.13. The topological polar surface area (TPSA) is 42.7 Å². The molecule has 0 fully saturated rings. The Labute approximate surface area is 120 Å². The van der Waals surface area contributed by atoms with Gasteiger partial charge in [-0.2, -0.15) is 0 Å². The van der Waals surface area contributed by atoms with E-state index in [9.17, 15) is 4.39 Å². The maximum Gasteiger partial charge on any atom is 0.124 e. The molecule has 1 heterocycles. The highest BCUT2D eigenvalue weighted by atomic mass is 79.9. The van der Waals surface area contributed by atoms with Gasteiger partial charge in [-0.25, -0.2) is 9.07 Å². The molecule has 4 nitrogen and oxygen atoms in total. The standard InChI is InChI=1S/C13H16BrFN4/c1-9(2)6-16-7-11-8-19(18-17-11)13-4-3-10(15)5-12(13)14/h3-5,8-9,16H,6-7H2,1-2H3. The van der Waals surface area contributed by atoms with E-state index in [-0.39, 0.29) is 5.82 Å². The largest absolute Gasteiger partial charge is 0.311 e. The van der Waals surface area contributed by atoms with E-state index in [0.717, 1.165) is 17.9 Å². The lowest BCUT2D eigenvalue weighted by Gasteiger charge is -2.04. The van der Waals surface area contributed by atoms with Crippen molar-refractivity contribution in [2.45, 2.75) is 20.4 Å². The minimum absolute atomic E-state index is 0.283. The van der Waals surface area contributed by atoms with Gasteiger partial charge in [0.2, 0.25) is 0 Å². The van der Waals surface area contributed by atoms with Crippen LogP contribution in [-0.2, 0) is 6.54 Å². The minimum atomic E-state index is -0.283. The molecule has 0 unspecified atom stereocenters. The van der Waals surface area contributed by atoms with Crippen LogP contribution in [0.5, 0.6) is 0 Å². The zero-order valence-electron chi connectivity index (χ0n) is 10.9. The van der Waals surface area contributed by atoms with Crippen LogP contribution in [0.3, 0.4) is 0 Å². The molecule has 0 spiro atoms. The number of aromatic nitrogens is 3. The summed E-state index contributed by atoms with van der Waals surface area (Å²) in [6.45, 7) is 5.92. The van der Waals surface area contributed by atoms with Gasteiger partial charge in [0.25, 0.3) is 0 Å². The lowest BCUT2D eigenvalue weighted by atomic mass is 10.2. The van der Waals surface area contributed by atoms with E-state index in [1.54, 1.807) is 10.7 Å². The summed E-state index contributed by atoms with van der Waals surface area (Å²) < 4.78 is 15.3. The van der Waals surface area contributed by atoms with E-state index in [2.05, 4.69) is 45.4 Å². The second-order valence-electron chi connectivity index (χ2n) is 4.77. The van der Waals surface area contributed by atoms with Gasteiger partial charge in [-0.15, -0.1) is 5.10 Å². The summed E-state index contributed by atoms with van der Waals surface area (Å²) in [5.74, 6) is 0.316. The molecule has 1 N–H and O–H groups in total. The molecule has 0 saturated heterocycles. The Morgan fingerprint density at radius 2 is 2.21 bits per heavy atom. The molecule has 102 valence electrons. The molecule has 0 amide bonds. The van der Waals surface area contributed by atoms with Crippen LogP contribution in [0.15, 0.2) is 28.9 Å². The van der Waals surface area contributed by atoms with Gasteiger partial charge in [-0.3, -0.25) is 0 Å². The summed E-state index contributed by atoms with van der Waals surface area (Å²) in [6, 6.07) is 4.48. The molecule has 2 rings (SSSR count). The van der Waals surface area contributed by atoms with Crippen molar-refractivity contribution in [1.29, 1.82) is 0 Å². The summed E-state index contributed by atoms with van der Waals surface area (Å²) in [5, 5.41) is 11.4. The quantitative estimate of drug-likeness (QED) is 0.918. The van der Waals surface area contributed by atoms with Crippen molar-refractivity contribution in [3.05, 3.63) is 40.4 Å². The van der Waals surface area contributed by atoms with Crippen LogP contribution < -0.4 is 5.32 Å². The smallest absolute Gasteiger partial charge is 0.124 e. The van der Waals surface area contributed by atoms with Gasteiger partial charge in [0.1, 0.15) is 5.82 Å². The van der Waals surface area contributed by atoms with E-state index in [1.165, 1.54) is 12.1 Å². The SMILES string of the molecule is CC(C)CNCc1cn(-c2ccc(F)cc2Br)nn1. The lowest BCUT2D eigenvalue weighted by molar-refractivity contribution is 0.548. The van der Waals surface area contributed by atoms with E-state index in [0.29, 0.717) is 16.9 Å². The predicted octanol–water partition coefficient (Wildman–Crippen LogP) is 2.91. The van der Waals surface area contributed by atoms with Gasteiger partial charge in [-0.05, 0) is 46.6 Å². The first kappa shape index (κ1) is 14.1. The number of nitrogens with zero attached hydrogens (tertiary/aromatic N) is 3. The van der Waals surface area contributed by atoms with E-state index < -0.39 is 0 Å². The summed E-state index contributed by atoms with van der Waals surface area (Å²) in [7, 11) is 0. The van der Waals surface area contributed by atoms with Gasteiger partial charge in [0.15, 0.2) is 0 Å². The van der Waals surface area contributed by atoms with E-state index >= 15 is 0 Å². The molecule has 1 aromatic carbocycles. The molecule has 0 atom stereocenters. The van der Waals surface area contributed by atoms with Gasteiger partial charge in [0, 0.05) is 11.0 Å². The second-order valence-corrected chi connectivity index (χ2v) is 5.63. The monoisotopic (exact) mass is 326 g/mol. The van der Waals surface area contributed by atoms with Crippen molar-refractivity contribution in [2.75, 3.05) is 6.54 Å². The minimum Gasteiger partial charge on any atom is -0.311 e. The predicted molar refractivity (Wildman–Crippen MR) is 75.6 cm³/mol. The fourth-order valence-corrected chi connectivity index (χ4v) is 2.19. The first-order valence-corrected chi connectivity index (χ1v) is 6.93. The number of nitrogens with one attached hydrogen (secondary N) is 1. The Bertz CT molecular complexity index is 553. The molecule has 0 aliphatic rings. The molecule has 0 aliphatic heterocycles. The highest BCUT2D eigenvalue weighted by Crippen LogP contribution is 2.21. The highest BCUT2D eigenvalue weighted by Gasteiger charge is 2.07. The van der Waals surface area contributed by atoms with Crippen LogP contribution in [0.1, 0.15) is 19.5 Å². The fourth-order valence-electron chi connectivity index (χ4n) is 1.65. The van der Waals surface area contributed by atoms with Gasteiger partial charge >= 0.3 is 0 Å². The average Bonchev–Trinajstić information content (AvgIpc) is 2.77. The summed E-state index contributed by atoms with van der Waals surface area (Å²) in [6.07, 6.45) is 1.84. The Balaban J connectivity index is 2.08. The normalized spacial score (nSPS) is 11.2. The molecule has 0 radical (unpaired) electrons. The second kappa shape index (κ2) is 6.25. The highest BCUT2D eigenvalue weighted by molar-refractivity contribution is 9.10. The van der Waals surface area contributed by atoms with E-state index in [4.69, 9.17) is 0 Å². The molecule has 6 heteroatoms. The number of hydrogen-bond acceptors (Lipinski definition) is 3. The third kappa shape index (κ3) is 3.84. The summed E-state index contributed by atoms with van der Waals surface area (Å²) >= 11 is 3.32. The maximum atomic E-state index is 13.0. The van der Waals surface area contributed by atoms with Crippen molar-refractivity contribution in [3.63, 3.8) is 0 Å². The average molecular weight is 327 g/mol. The maximum absolute atomic E-state index is 13.0. The van der Waals surface area contributed by atoms with Crippen LogP contribution in [-0.4, -0.2) is 21.5 Å². The van der Waals surface area contributed by atoms with Gasteiger partial charge in [-0.1, -0.05) is 19.1 Å². The summed E-state index contributed by atoms with van der Waals surface area (Å²) in [4.78, 5) is 0. The van der Waals surface area contributed by atoms with Crippen LogP contribution in [0.4, 0.5) is 4.39 Å². The molecular weight excluding hydrogens is 311 g/mol. The van der Waals surface area contributed by atoms with Crippen molar-refractivity contribution in [2.24, 2.45) is 5.92 Å². The number of rotatable bonds is 5. The van der Waals surface area contributed by atoms with Crippen LogP contribution in [0, 0.1) is 11.7 Å². The van der Waals surface area contributed by atoms with Crippen molar-refractivity contribution >= 4 is 15.9 Å². The van der Waals surface area contributed by atoms with Crippen molar-refractivity contribution < 1.29 is 4.39 Å². The first-order chi connectivity index (χ1) is 9.06. The molecule has 0 aliphatic carbocycles. The van der Waals surface area contributed by atoms with Gasteiger partial charge in [0.05, 0.1) is 17.6 Å². The molecule has 19 heavy (non-hydrogen) atoms. The molecule has 0 bridgehead atoms. The Morgan fingerprint density at radius 1 is 1.42 bits per heavy atom. The lowest BCUT2D eigenvalue weighted by Crippen LogP contribution is -2.19. The Hall–Kier alpha value is -1.27. The Kier molecular flexibility index (Phi) is 4.66. The van der Waals surface area contributed by atoms with Gasteiger partial charge < -0.3 is 5.32 Å². The molecular formula is C13H16BrFN4. The van der Waals surface area contributed by atoms with Crippen molar-refractivity contribution in [3.8, 4) is 5.69 Å². The number of hydrogen-bond donors (Lipinski definition) is 1. The van der Waals surface area contributed by atoms with Crippen molar-refractivity contribution in [1.82, 2.24) is 20.3 Å². The van der Waals surface area contributed by atoms with Crippen LogP contribution >= 0.6 is 15.9 Å². The molecule has 2 aromatic rings. The number of halogens is 2. The summed E-state index contributed by atoms with van der Waals surface area (Å²) in [5.41, 5.74) is 1.63. The third-order valence-corrected chi connectivity index (χ3v) is 3.19. The Morgan fingerprint density at radius 3 is 2.89 bits per heavy atom. The third-order valence-electron chi connectivity index (χ3n) is 2.56. The molecule has 0 saturated carbocycles. The van der Waals surface area contributed by atoms with Crippen LogP contribution in [0.25, 0.3) is 5.69 Å².